The van der Waals surface area contributed by atoms with Crippen LogP contribution >= 0.6 is 63.7 Å². The summed E-state index contributed by atoms with van der Waals surface area (Å²) in [6, 6.07) is 0. The zero-order valence-electron chi connectivity index (χ0n) is 18.6. The molecule has 1 aromatic carbocycles. The molecule has 170 valence electrons. The first-order chi connectivity index (χ1) is 14.2. The summed E-state index contributed by atoms with van der Waals surface area (Å²) in [5, 5.41) is 0. The van der Waals surface area contributed by atoms with Crippen LogP contribution in [0.25, 0.3) is 0 Å². The molecule has 1 heterocycles. The summed E-state index contributed by atoms with van der Waals surface area (Å²) < 4.78 is 6.69. The maximum Gasteiger partial charge on any atom is 0.341 e. The maximum absolute atomic E-state index is 13.0. The molecule has 0 aromatic heterocycles. The van der Waals surface area contributed by atoms with E-state index in [4.69, 9.17) is 4.74 Å². The lowest BCUT2D eigenvalue weighted by molar-refractivity contribution is 0.0492. The van der Waals surface area contributed by atoms with E-state index in [1.54, 1.807) is 0 Å². The number of ether oxygens (including phenoxy) is 1. The fourth-order valence-corrected chi connectivity index (χ4v) is 7.34. The first kappa shape index (κ1) is 26.9. The van der Waals surface area contributed by atoms with Crippen LogP contribution in [0, 0.1) is 11.8 Å². The second-order valence-electron chi connectivity index (χ2n) is 8.48. The van der Waals surface area contributed by atoms with Crippen LogP contribution in [0.2, 0.25) is 0 Å². The predicted octanol–water partition coefficient (Wildman–Crippen LogP) is 9.80. The van der Waals surface area contributed by atoms with Crippen LogP contribution in [0.4, 0.5) is 0 Å². The topological polar surface area (TPSA) is 26.3 Å². The number of carbonyl (C=O) groups excluding carboxylic acids is 1. The third kappa shape index (κ3) is 6.14. The SMILES string of the molecule is CCCCC(CC)Cc1c(Br)c(Br)c2c(c1CC(CC)CCCC)C(=O)OC2(Br)Br. The van der Waals surface area contributed by atoms with E-state index in [-0.39, 0.29) is 5.97 Å². The van der Waals surface area contributed by atoms with Gasteiger partial charge in [0.05, 0.1) is 5.56 Å². The highest BCUT2D eigenvalue weighted by molar-refractivity contribution is 9.24. The molecule has 2 unspecified atom stereocenters. The first-order valence-electron chi connectivity index (χ1n) is 11.4. The van der Waals surface area contributed by atoms with Gasteiger partial charge in [-0.25, -0.2) is 4.79 Å². The van der Waals surface area contributed by atoms with Crippen molar-refractivity contribution in [3.05, 3.63) is 31.2 Å². The lowest BCUT2D eigenvalue weighted by Gasteiger charge is -2.25. The molecule has 0 spiro atoms. The van der Waals surface area contributed by atoms with Crippen LogP contribution in [0.15, 0.2) is 8.95 Å². The van der Waals surface area contributed by atoms with E-state index in [0.717, 1.165) is 45.8 Å². The number of fused-ring (bicyclic) bond motifs is 1. The molecule has 0 saturated heterocycles. The number of unbranched alkanes of at least 4 members (excludes halogenated alkanes) is 2. The van der Waals surface area contributed by atoms with Gasteiger partial charge in [0.15, 0.2) is 0 Å². The summed E-state index contributed by atoms with van der Waals surface area (Å²) >= 11 is 14.8. The summed E-state index contributed by atoms with van der Waals surface area (Å²) in [4.78, 5) is 13.0. The van der Waals surface area contributed by atoms with Crippen molar-refractivity contribution in [3.8, 4) is 0 Å². The van der Waals surface area contributed by atoms with Gasteiger partial charge >= 0.3 is 5.97 Å². The Hall–Kier alpha value is 0.610. The second kappa shape index (κ2) is 12.2. The van der Waals surface area contributed by atoms with Gasteiger partial charge in [-0.3, -0.25) is 0 Å². The summed E-state index contributed by atoms with van der Waals surface area (Å²) in [7, 11) is 0. The van der Waals surface area contributed by atoms with Crippen molar-refractivity contribution in [1.82, 2.24) is 0 Å². The zero-order chi connectivity index (χ0) is 22.5. The van der Waals surface area contributed by atoms with Gasteiger partial charge < -0.3 is 4.74 Å². The van der Waals surface area contributed by atoms with Crippen molar-refractivity contribution in [1.29, 1.82) is 0 Å². The van der Waals surface area contributed by atoms with Crippen molar-refractivity contribution in [2.75, 3.05) is 0 Å². The number of benzene rings is 1. The highest BCUT2D eigenvalue weighted by atomic mass is 79.9. The van der Waals surface area contributed by atoms with E-state index < -0.39 is 3.42 Å². The number of hydrogen-bond donors (Lipinski definition) is 0. The lowest BCUT2D eigenvalue weighted by Crippen LogP contribution is -2.15. The van der Waals surface area contributed by atoms with Crippen molar-refractivity contribution in [2.45, 2.75) is 95.3 Å². The fraction of sp³-hybridized carbons (Fsp3) is 0.708. The van der Waals surface area contributed by atoms with Gasteiger partial charge in [-0.1, -0.05) is 79.1 Å². The number of alkyl halides is 2. The summed E-state index contributed by atoms with van der Waals surface area (Å²) in [6.07, 6.45) is 11.5. The molecule has 2 rings (SSSR count). The molecule has 0 bridgehead atoms. The number of halogens is 4. The van der Waals surface area contributed by atoms with Crippen molar-refractivity contribution >= 4 is 69.7 Å². The molecular weight excluding hydrogens is 640 g/mol. The summed E-state index contributed by atoms with van der Waals surface area (Å²) in [5.74, 6) is 0.955. The van der Waals surface area contributed by atoms with Crippen LogP contribution in [0.3, 0.4) is 0 Å². The van der Waals surface area contributed by atoms with Gasteiger partial charge in [0.1, 0.15) is 0 Å². The quantitative estimate of drug-likeness (QED) is 0.163. The molecule has 1 aliphatic heterocycles. The molecule has 2 nitrogen and oxygen atoms in total. The monoisotopic (exact) mass is 670 g/mol. The third-order valence-corrected chi connectivity index (χ3v) is 9.70. The van der Waals surface area contributed by atoms with Crippen LogP contribution < -0.4 is 0 Å². The number of carbonyl (C=O) groups is 1. The average Bonchev–Trinajstić information content (AvgIpc) is 2.95. The van der Waals surface area contributed by atoms with Gasteiger partial charge in [0.2, 0.25) is 3.42 Å². The number of esters is 1. The van der Waals surface area contributed by atoms with Gasteiger partial charge in [-0.15, -0.1) is 0 Å². The largest absolute Gasteiger partial charge is 0.429 e. The van der Waals surface area contributed by atoms with Crippen molar-refractivity contribution in [2.24, 2.45) is 11.8 Å². The van der Waals surface area contributed by atoms with Crippen LogP contribution in [-0.2, 0) is 21.0 Å². The highest BCUT2D eigenvalue weighted by Gasteiger charge is 2.46. The molecule has 0 amide bonds. The molecule has 0 radical (unpaired) electrons. The number of cyclic esters (lactones) is 1. The summed E-state index contributed by atoms with van der Waals surface area (Å²) in [6.45, 7) is 9.04. The van der Waals surface area contributed by atoms with E-state index >= 15 is 0 Å². The van der Waals surface area contributed by atoms with Gasteiger partial charge in [0, 0.05) is 14.5 Å². The van der Waals surface area contributed by atoms with Crippen LogP contribution in [0.5, 0.6) is 0 Å². The Balaban J connectivity index is 2.60. The maximum atomic E-state index is 13.0. The minimum absolute atomic E-state index is 0.241. The minimum Gasteiger partial charge on any atom is -0.429 e. The molecule has 30 heavy (non-hydrogen) atoms. The second-order valence-corrected chi connectivity index (χ2v) is 13.4. The zero-order valence-corrected chi connectivity index (χ0v) is 24.9. The van der Waals surface area contributed by atoms with E-state index in [0.29, 0.717) is 11.8 Å². The van der Waals surface area contributed by atoms with Crippen molar-refractivity contribution in [3.63, 3.8) is 0 Å². The van der Waals surface area contributed by atoms with E-state index in [2.05, 4.69) is 91.4 Å². The fourth-order valence-electron chi connectivity index (χ4n) is 4.41. The van der Waals surface area contributed by atoms with Gasteiger partial charge in [-0.05, 0) is 99.5 Å². The number of hydrogen-bond acceptors (Lipinski definition) is 2. The molecule has 0 N–H and O–H groups in total. The smallest absolute Gasteiger partial charge is 0.341 e. The van der Waals surface area contributed by atoms with Crippen LogP contribution in [-0.4, -0.2) is 5.97 Å². The van der Waals surface area contributed by atoms with E-state index in [9.17, 15) is 4.79 Å². The molecule has 1 aromatic rings. The molecule has 2 atom stereocenters. The Kier molecular flexibility index (Phi) is 10.9. The Labute approximate surface area is 216 Å². The molecule has 0 fully saturated rings. The molecule has 0 aliphatic carbocycles. The highest BCUT2D eigenvalue weighted by Crippen LogP contribution is 2.54. The van der Waals surface area contributed by atoms with Crippen molar-refractivity contribution < 1.29 is 9.53 Å². The Morgan fingerprint density at radius 3 is 1.80 bits per heavy atom. The van der Waals surface area contributed by atoms with E-state index in [1.165, 1.54) is 49.7 Å². The number of rotatable bonds is 12. The summed E-state index contributed by atoms with van der Waals surface area (Å²) in [5.41, 5.74) is 4.07. The molecule has 0 saturated carbocycles. The Morgan fingerprint density at radius 2 is 1.33 bits per heavy atom. The van der Waals surface area contributed by atoms with Gasteiger partial charge in [0.25, 0.3) is 0 Å². The standard InChI is InChI=1S/C24H34Br4O2/c1-5-9-11-15(7-3)13-17-18(14-16(8-4)12-10-6-2)21(25)22(26)20-19(17)23(29)30-24(20,27)28/h15-16H,5-14H2,1-4H3. The van der Waals surface area contributed by atoms with Crippen LogP contribution in [0.1, 0.15) is 106 Å². The minimum atomic E-state index is -0.974. The van der Waals surface area contributed by atoms with E-state index in [1.807, 2.05) is 0 Å². The normalized spacial score (nSPS) is 17.0. The average molecular weight is 674 g/mol. The Morgan fingerprint density at radius 1 is 0.833 bits per heavy atom. The Bertz CT molecular complexity index is 745. The molecule has 6 heteroatoms. The first-order valence-corrected chi connectivity index (χ1v) is 14.5. The van der Waals surface area contributed by atoms with Gasteiger partial charge in [-0.2, -0.15) is 0 Å². The molecular formula is C24H34Br4O2. The molecule has 1 aliphatic rings. The lowest BCUT2D eigenvalue weighted by atomic mass is 9.82. The predicted molar refractivity (Wildman–Crippen MR) is 141 cm³/mol. The third-order valence-electron chi connectivity index (χ3n) is 6.38.